The molecule has 0 fully saturated rings. The molecule has 3 aromatic rings. The Morgan fingerprint density at radius 1 is 1.04 bits per heavy atom. The summed E-state index contributed by atoms with van der Waals surface area (Å²) >= 11 is 0. The zero-order chi connectivity index (χ0) is 15.9. The molecule has 0 atom stereocenters. The van der Waals surface area contributed by atoms with E-state index in [9.17, 15) is 4.79 Å². The van der Waals surface area contributed by atoms with Crippen LogP contribution < -0.4 is 5.32 Å². The highest BCUT2D eigenvalue weighted by molar-refractivity contribution is 5.78. The van der Waals surface area contributed by atoms with E-state index in [1.165, 1.54) is 0 Å². The highest BCUT2D eigenvalue weighted by Gasteiger charge is 2.04. The molecule has 1 amide bonds. The van der Waals surface area contributed by atoms with Crippen molar-refractivity contribution >= 4 is 5.91 Å². The van der Waals surface area contributed by atoms with Crippen molar-refractivity contribution < 1.29 is 4.79 Å². The minimum absolute atomic E-state index is 0.0211. The number of rotatable bonds is 6. The molecule has 5 heteroatoms. The molecular weight excluding hydrogens is 288 g/mol. The Bertz CT molecular complexity index is 736. The molecule has 116 valence electrons. The summed E-state index contributed by atoms with van der Waals surface area (Å²) in [5, 5.41) is 7.10. The van der Waals surface area contributed by atoms with E-state index in [-0.39, 0.29) is 5.91 Å². The lowest BCUT2D eigenvalue weighted by Gasteiger charge is -2.06. The fourth-order valence-electron chi connectivity index (χ4n) is 2.31. The number of aromatic nitrogens is 3. The lowest BCUT2D eigenvalue weighted by molar-refractivity contribution is -0.120. The topological polar surface area (TPSA) is 59.8 Å². The van der Waals surface area contributed by atoms with Crippen LogP contribution in [0, 0.1) is 0 Å². The molecule has 5 nitrogen and oxygen atoms in total. The number of carbonyl (C=O) groups excluding carboxylic acids is 1. The quantitative estimate of drug-likeness (QED) is 0.759. The zero-order valence-electron chi connectivity index (χ0n) is 12.7. The first-order valence-electron chi connectivity index (χ1n) is 7.57. The number of hydrogen-bond acceptors (Lipinski definition) is 3. The predicted molar refractivity (Wildman–Crippen MR) is 88.2 cm³/mol. The van der Waals surface area contributed by atoms with Gasteiger partial charge in [0.2, 0.25) is 5.91 Å². The Balaban J connectivity index is 1.48. The summed E-state index contributed by atoms with van der Waals surface area (Å²) in [6, 6.07) is 15.5. The van der Waals surface area contributed by atoms with Gasteiger partial charge in [-0.25, -0.2) is 4.68 Å². The van der Waals surface area contributed by atoms with E-state index in [1.807, 2.05) is 54.7 Å². The van der Waals surface area contributed by atoms with Gasteiger partial charge in [-0.2, -0.15) is 5.10 Å². The SMILES string of the molecule is O=C(Cc1ccc(-n2cccn2)cc1)NCCc1ccccn1. The largest absolute Gasteiger partial charge is 0.355 e. The van der Waals surface area contributed by atoms with Crippen LogP contribution in [0.15, 0.2) is 67.1 Å². The Morgan fingerprint density at radius 2 is 1.91 bits per heavy atom. The Labute approximate surface area is 135 Å². The van der Waals surface area contributed by atoms with Crippen molar-refractivity contribution in [3.63, 3.8) is 0 Å². The molecule has 0 saturated heterocycles. The summed E-state index contributed by atoms with van der Waals surface area (Å²) in [5.41, 5.74) is 2.95. The summed E-state index contributed by atoms with van der Waals surface area (Å²) in [6.07, 6.45) is 6.51. The normalized spacial score (nSPS) is 10.4. The molecule has 0 spiro atoms. The van der Waals surface area contributed by atoms with Gasteiger partial charge in [0.1, 0.15) is 0 Å². The molecule has 2 aromatic heterocycles. The first kappa shape index (κ1) is 15.0. The fraction of sp³-hybridized carbons (Fsp3) is 0.167. The molecule has 0 radical (unpaired) electrons. The van der Waals surface area contributed by atoms with Crippen LogP contribution in [0.25, 0.3) is 5.69 Å². The Hall–Kier alpha value is -2.95. The average Bonchev–Trinajstić information content (AvgIpc) is 3.11. The van der Waals surface area contributed by atoms with E-state index in [0.717, 1.165) is 23.4 Å². The molecule has 1 N–H and O–H groups in total. The van der Waals surface area contributed by atoms with E-state index < -0.39 is 0 Å². The van der Waals surface area contributed by atoms with Crippen LogP contribution in [0.5, 0.6) is 0 Å². The Morgan fingerprint density at radius 3 is 2.61 bits per heavy atom. The van der Waals surface area contributed by atoms with Crippen molar-refractivity contribution in [3.05, 3.63) is 78.4 Å². The highest BCUT2D eigenvalue weighted by Crippen LogP contribution is 2.09. The molecule has 0 aliphatic heterocycles. The smallest absolute Gasteiger partial charge is 0.224 e. The first-order valence-corrected chi connectivity index (χ1v) is 7.57. The number of benzene rings is 1. The molecule has 0 aliphatic rings. The van der Waals surface area contributed by atoms with Crippen LogP contribution in [-0.2, 0) is 17.6 Å². The summed E-state index contributed by atoms with van der Waals surface area (Å²) in [7, 11) is 0. The molecule has 23 heavy (non-hydrogen) atoms. The number of carbonyl (C=O) groups is 1. The van der Waals surface area contributed by atoms with Gasteiger partial charge >= 0.3 is 0 Å². The highest BCUT2D eigenvalue weighted by atomic mass is 16.1. The van der Waals surface area contributed by atoms with Gasteiger partial charge in [-0.05, 0) is 35.9 Å². The first-order chi connectivity index (χ1) is 11.3. The van der Waals surface area contributed by atoms with Gasteiger partial charge in [-0.15, -0.1) is 0 Å². The molecule has 3 rings (SSSR count). The van der Waals surface area contributed by atoms with Crippen LogP contribution in [0.4, 0.5) is 0 Å². The fourth-order valence-corrected chi connectivity index (χ4v) is 2.31. The average molecular weight is 306 g/mol. The molecule has 0 bridgehead atoms. The lowest BCUT2D eigenvalue weighted by Crippen LogP contribution is -2.27. The van der Waals surface area contributed by atoms with Gasteiger partial charge in [0.15, 0.2) is 0 Å². The lowest BCUT2D eigenvalue weighted by atomic mass is 10.1. The second-order valence-corrected chi connectivity index (χ2v) is 5.21. The molecule has 2 heterocycles. The van der Waals surface area contributed by atoms with Crippen molar-refractivity contribution in [2.24, 2.45) is 0 Å². The zero-order valence-corrected chi connectivity index (χ0v) is 12.7. The van der Waals surface area contributed by atoms with E-state index >= 15 is 0 Å². The van der Waals surface area contributed by atoms with Crippen molar-refractivity contribution in [1.29, 1.82) is 0 Å². The number of nitrogens with one attached hydrogen (secondary N) is 1. The van der Waals surface area contributed by atoms with E-state index in [4.69, 9.17) is 0 Å². The van der Waals surface area contributed by atoms with Gasteiger partial charge in [0, 0.05) is 37.3 Å². The van der Waals surface area contributed by atoms with E-state index in [0.29, 0.717) is 13.0 Å². The van der Waals surface area contributed by atoms with Crippen LogP contribution >= 0.6 is 0 Å². The summed E-state index contributed by atoms with van der Waals surface area (Å²) in [4.78, 5) is 16.2. The second-order valence-electron chi connectivity index (χ2n) is 5.21. The minimum Gasteiger partial charge on any atom is -0.355 e. The molecule has 0 aliphatic carbocycles. The van der Waals surface area contributed by atoms with Crippen LogP contribution in [0.2, 0.25) is 0 Å². The maximum Gasteiger partial charge on any atom is 0.224 e. The summed E-state index contributed by atoms with van der Waals surface area (Å²) < 4.78 is 1.79. The van der Waals surface area contributed by atoms with Crippen LogP contribution in [-0.4, -0.2) is 27.2 Å². The van der Waals surface area contributed by atoms with E-state index in [1.54, 1.807) is 17.1 Å². The Kier molecular flexibility index (Phi) is 4.79. The monoisotopic (exact) mass is 306 g/mol. The summed E-state index contributed by atoms with van der Waals surface area (Å²) in [6.45, 7) is 0.598. The molecule has 0 unspecified atom stereocenters. The predicted octanol–water partition coefficient (Wildman–Crippen LogP) is 2.17. The molecular formula is C18H18N4O. The van der Waals surface area contributed by atoms with Crippen molar-refractivity contribution in [3.8, 4) is 5.69 Å². The second kappa shape index (κ2) is 7.35. The van der Waals surface area contributed by atoms with Crippen LogP contribution in [0.3, 0.4) is 0 Å². The van der Waals surface area contributed by atoms with Gasteiger partial charge in [0.05, 0.1) is 12.1 Å². The number of nitrogens with zero attached hydrogens (tertiary/aromatic N) is 3. The maximum atomic E-state index is 12.0. The third-order valence-corrected chi connectivity index (χ3v) is 3.50. The molecule has 1 aromatic carbocycles. The van der Waals surface area contributed by atoms with Gasteiger partial charge in [-0.3, -0.25) is 9.78 Å². The third kappa shape index (κ3) is 4.26. The molecule has 0 saturated carbocycles. The van der Waals surface area contributed by atoms with Crippen molar-refractivity contribution in [2.45, 2.75) is 12.8 Å². The van der Waals surface area contributed by atoms with Gasteiger partial charge < -0.3 is 5.32 Å². The number of hydrogen-bond donors (Lipinski definition) is 1. The standard InChI is InChI=1S/C18H18N4O/c23-18(20-12-9-16-4-1-2-10-19-16)14-15-5-7-17(8-6-15)22-13-3-11-21-22/h1-8,10-11,13H,9,12,14H2,(H,20,23). The summed E-state index contributed by atoms with van der Waals surface area (Å²) in [5.74, 6) is 0.0211. The van der Waals surface area contributed by atoms with E-state index in [2.05, 4.69) is 15.4 Å². The number of amides is 1. The number of pyridine rings is 1. The van der Waals surface area contributed by atoms with Crippen molar-refractivity contribution in [2.75, 3.05) is 6.54 Å². The van der Waals surface area contributed by atoms with Gasteiger partial charge in [0.25, 0.3) is 0 Å². The van der Waals surface area contributed by atoms with Crippen molar-refractivity contribution in [1.82, 2.24) is 20.1 Å². The maximum absolute atomic E-state index is 12.0. The third-order valence-electron chi connectivity index (χ3n) is 3.50. The minimum atomic E-state index is 0.0211. The van der Waals surface area contributed by atoms with Gasteiger partial charge in [-0.1, -0.05) is 18.2 Å². The van der Waals surface area contributed by atoms with Crippen LogP contribution in [0.1, 0.15) is 11.3 Å².